The van der Waals surface area contributed by atoms with Gasteiger partial charge in [-0.2, -0.15) is 0 Å². The molecule has 2 heterocycles. The molecule has 29 heavy (non-hydrogen) atoms. The number of fused-ring (bicyclic) bond motifs is 1. The fourth-order valence-electron chi connectivity index (χ4n) is 3.54. The smallest absolute Gasteiger partial charge is 0.338 e. The van der Waals surface area contributed by atoms with E-state index in [2.05, 4.69) is 0 Å². The molecule has 0 atom stereocenters. The number of carbonyl (C=O) groups excluding carboxylic acids is 1. The van der Waals surface area contributed by atoms with Crippen molar-refractivity contribution in [2.75, 3.05) is 24.8 Å². The highest BCUT2D eigenvalue weighted by molar-refractivity contribution is 6.32. The monoisotopic (exact) mass is 418 g/mol. The third-order valence-corrected chi connectivity index (χ3v) is 5.24. The van der Waals surface area contributed by atoms with Crippen LogP contribution in [0.15, 0.2) is 30.3 Å². The topological polar surface area (TPSA) is 91.1 Å². The van der Waals surface area contributed by atoms with E-state index in [4.69, 9.17) is 25.8 Å². The lowest BCUT2D eigenvalue weighted by atomic mass is 10.1. The first-order valence-electron chi connectivity index (χ1n) is 9.31. The highest BCUT2D eigenvalue weighted by Gasteiger charge is 2.24. The van der Waals surface area contributed by atoms with E-state index in [9.17, 15) is 14.9 Å². The Labute approximate surface area is 172 Å². The van der Waals surface area contributed by atoms with Crippen LogP contribution in [0.2, 0.25) is 5.02 Å². The minimum absolute atomic E-state index is 0.0448. The molecule has 0 spiro atoms. The predicted octanol–water partition coefficient (Wildman–Crippen LogP) is 4.32. The lowest BCUT2D eigenvalue weighted by molar-refractivity contribution is -0.384. The molecule has 0 aliphatic carbocycles. The number of ether oxygens (including phenoxy) is 3. The maximum Gasteiger partial charge on any atom is 0.338 e. The van der Waals surface area contributed by atoms with Gasteiger partial charge in [0.1, 0.15) is 12.3 Å². The summed E-state index contributed by atoms with van der Waals surface area (Å²) < 4.78 is 15.9. The number of anilines is 1. The van der Waals surface area contributed by atoms with Gasteiger partial charge in [0.15, 0.2) is 11.5 Å². The van der Waals surface area contributed by atoms with Crippen molar-refractivity contribution in [3.05, 3.63) is 56.6 Å². The largest absolute Gasteiger partial charge is 0.457 e. The number of hydrogen-bond donors (Lipinski definition) is 0. The normalized spacial score (nSPS) is 15.3. The van der Waals surface area contributed by atoms with Crippen molar-refractivity contribution in [2.45, 2.75) is 25.9 Å². The first-order chi connectivity index (χ1) is 14.0. The Morgan fingerprint density at radius 2 is 1.97 bits per heavy atom. The van der Waals surface area contributed by atoms with Crippen molar-refractivity contribution in [2.24, 2.45) is 0 Å². The fourth-order valence-corrected chi connectivity index (χ4v) is 3.82. The molecule has 9 heteroatoms. The van der Waals surface area contributed by atoms with E-state index in [1.807, 2.05) is 4.90 Å². The summed E-state index contributed by atoms with van der Waals surface area (Å²) in [5.41, 5.74) is 1.21. The van der Waals surface area contributed by atoms with Gasteiger partial charge in [-0.1, -0.05) is 11.6 Å². The molecule has 0 radical (unpaired) electrons. The maximum atomic E-state index is 12.5. The van der Waals surface area contributed by atoms with Crippen LogP contribution in [0.25, 0.3) is 0 Å². The van der Waals surface area contributed by atoms with Crippen molar-refractivity contribution < 1.29 is 23.9 Å². The van der Waals surface area contributed by atoms with Gasteiger partial charge in [-0.3, -0.25) is 10.1 Å². The van der Waals surface area contributed by atoms with Gasteiger partial charge >= 0.3 is 5.97 Å². The second kappa shape index (κ2) is 8.16. The molecular formula is C20H19ClN2O6. The molecule has 4 rings (SSSR count). The van der Waals surface area contributed by atoms with Gasteiger partial charge in [0.25, 0.3) is 5.69 Å². The minimum atomic E-state index is -0.646. The van der Waals surface area contributed by atoms with Crippen molar-refractivity contribution >= 4 is 28.9 Å². The number of esters is 1. The number of carbonyl (C=O) groups is 1. The Kier molecular flexibility index (Phi) is 5.44. The third-order valence-electron chi connectivity index (χ3n) is 4.96. The number of halogens is 1. The second-order valence-corrected chi connectivity index (χ2v) is 7.30. The van der Waals surface area contributed by atoms with E-state index in [0.29, 0.717) is 27.8 Å². The number of hydrogen-bond acceptors (Lipinski definition) is 7. The Balaban J connectivity index is 1.49. The molecule has 0 N–H and O–H groups in total. The Morgan fingerprint density at radius 1 is 1.17 bits per heavy atom. The van der Waals surface area contributed by atoms with Crippen LogP contribution in [0.4, 0.5) is 11.4 Å². The summed E-state index contributed by atoms with van der Waals surface area (Å²) in [5.74, 6) is 0.308. The van der Waals surface area contributed by atoms with E-state index in [1.165, 1.54) is 6.07 Å². The van der Waals surface area contributed by atoms with Gasteiger partial charge in [-0.05, 0) is 49.1 Å². The van der Waals surface area contributed by atoms with Gasteiger partial charge in [-0.25, -0.2) is 4.79 Å². The van der Waals surface area contributed by atoms with Crippen LogP contribution in [0, 0.1) is 10.1 Å². The molecule has 0 bridgehead atoms. The molecule has 1 fully saturated rings. The molecule has 0 saturated carbocycles. The lowest BCUT2D eigenvalue weighted by Gasteiger charge is -2.28. The fraction of sp³-hybridized carbons (Fsp3) is 0.350. The summed E-state index contributed by atoms with van der Waals surface area (Å²) in [4.78, 5) is 25.5. The summed E-state index contributed by atoms with van der Waals surface area (Å²) in [5, 5.41) is 11.9. The average Bonchev–Trinajstić information content (AvgIpc) is 3.21. The van der Waals surface area contributed by atoms with Gasteiger partial charge in [0, 0.05) is 19.2 Å². The molecule has 152 valence electrons. The molecule has 2 aromatic carbocycles. The highest BCUT2D eigenvalue weighted by atomic mass is 35.5. The number of rotatable bonds is 5. The van der Waals surface area contributed by atoms with E-state index in [0.717, 1.165) is 32.4 Å². The molecule has 2 aliphatic rings. The van der Waals surface area contributed by atoms with Crippen molar-refractivity contribution in [1.82, 2.24) is 0 Å². The SMILES string of the molecule is O=C(OCc1cc(Cl)c2c(c1)OCO2)c1ccc(N2CCCCC2)c([N+](=O)[O-])c1. The number of piperidine rings is 1. The molecule has 0 amide bonds. The van der Waals surface area contributed by atoms with Gasteiger partial charge in [0.2, 0.25) is 6.79 Å². The maximum absolute atomic E-state index is 12.5. The van der Waals surface area contributed by atoms with Crippen LogP contribution in [0.5, 0.6) is 11.5 Å². The minimum Gasteiger partial charge on any atom is -0.457 e. The predicted molar refractivity (Wildman–Crippen MR) is 106 cm³/mol. The highest BCUT2D eigenvalue weighted by Crippen LogP contribution is 2.40. The van der Waals surface area contributed by atoms with Crippen molar-refractivity contribution in [3.63, 3.8) is 0 Å². The van der Waals surface area contributed by atoms with E-state index < -0.39 is 10.9 Å². The standard InChI is InChI=1S/C20H19ClN2O6/c21-15-8-13(9-18-19(15)29-12-28-18)11-27-20(24)14-4-5-16(17(10-14)23(25)26)22-6-2-1-3-7-22/h4-5,8-10H,1-3,6-7,11-12H2. The molecule has 2 aliphatic heterocycles. The molecule has 0 aromatic heterocycles. The first-order valence-corrected chi connectivity index (χ1v) is 9.69. The first kappa shape index (κ1) is 19.3. The Morgan fingerprint density at radius 3 is 2.72 bits per heavy atom. The van der Waals surface area contributed by atoms with E-state index in [-0.39, 0.29) is 24.7 Å². The Bertz CT molecular complexity index is 958. The summed E-state index contributed by atoms with van der Waals surface area (Å²) in [7, 11) is 0. The molecule has 2 aromatic rings. The summed E-state index contributed by atoms with van der Waals surface area (Å²) >= 11 is 6.13. The van der Waals surface area contributed by atoms with Gasteiger partial charge in [0.05, 0.1) is 15.5 Å². The summed E-state index contributed by atoms with van der Waals surface area (Å²) in [6, 6.07) is 7.77. The van der Waals surface area contributed by atoms with Crippen molar-refractivity contribution in [1.29, 1.82) is 0 Å². The zero-order valence-electron chi connectivity index (χ0n) is 15.6. The second-order valence-electron chi connectivity index (χ2n) is 6.90. The summed E-state index contributed by atoms with van der Waals surface area (Å²) in [6.45, 7) is 1.59. The lowest BCUT2D eigenvalue weighted by Crippen LogP contribution is -2.30. The summed E-state index contributed by atoms with van der Waals surface area (Å²) in [6.07, 6.45) is 3.12. The third kappa shape index (κ3) is 4.07. The van der Waals surface area contributed by atoms with Crippen molar-refractivity contribution in [3.8, 4) is 11.5 Å². The van der Waals surface area contributed by atoms with Crippen LogP contribution in [0.1, 0.15) is 35.2 Å². The van der Waals surface area contributed by atoms with Crippen LogP contribution >= 0.6 is 11.6 Å². The zero-order valence-corrected chi connectivity index (χ0v) is 16.3. The quantitative estimate of drug-likeness (QED) is 0.405. The molecule has 1 saturated heterocycles. The molecular weight excluding hydrogens is 400 g/mol. The number of nitro benzene ring substituents is 1. The average molecular weight is 419 g/mol. The number of nitro groups is 1. The van der Waals surface area contributed by atoms with Crippen LogP contribution < -0.4 is 14.4 Å². The number of nitrogens with zero attached hydrogens (tertiary/aromatic N) is 2. The molecule has 0 unspecified atom stereocenters. The zero-order chi connectivity index (χ0) is 20.4. The van der Waals surface area contributed by atoms with Crippen LogP contribution in [-0.2, 0) is 11.3 Å². The Hall–Kier alpha value is -3.00. The van der Waals surface area contributed by atoms with E-state index in [1.54, 1.807) is 24.3 Å². The van der Waals surface area contributed by atoms with Crippen LogP contribution in [-0.4, -0.2) is 30.8 Å². The number of benzene rings is 2. The van der Waals surface area contributed by atoms with E-state index >= 15 is 0 Å². The van der Waals surface area contributed by atoms with Crippen LogP contribution in [0.3, 0.4) is 0 Å². The van der Waals surface area contributed by atoms with Gasteiger partial charge < -0.3 is 19.1 Å². The van der Waals surface area contributed by atoms with Gasteiger partial charge in [-0.15, -0.1) is 0 Å². The molecule has 8 nitrogen and oxygen atoms in total.